The van der Waals surface area contributed by atoms with E-state index in [1.54, 1.807) is 0 Å². The summed E-state index contributed by atoms with van der Waals surface area (Å²) in [6.07, 6.45) is -1.56. The first kappa shape index (κ1) is 22.7. The molecule has 1 heterocycles. The van der Waals surface area contributed by atoms with Crippen molar-refractivity contribution in [1.82, 2.24) is 0 Å². The summed E-state index contributed by atoms with van der Waals surface area (Å²) >= 11 is 0. The lowest BCUT2D eigenvalue weighted by molar-refractivity contribution is -0.138. The summed E-state index contributed by atoms with van der Waals surface area (Å²) in [5, 5.41) is 0. The number of para-hydroxylation sites is 1. The number of halogens is 6. The number of hydrogen-bond acceptors (Lipinski definition) is 6. The quantitative estimate of drug-likeness (QED) is 0.615. The van der Waals surface area contributed by atoms with Gasteiger partial charge in [0.05, 0.1) is 11.3 Å². The Hall–Kier alpha value is -3.44. The number of rotatable bonds is 3. The molecule has 0 saturated heterocycles. The van der Waals surface area contributed by atoms with Crippen LogP contribution >= 0.6 is 0 Å². The maximum Gasteiger partial charge on any atom is 0.416 e. The Kier molecular flexibility index (Phi) is 5.62. The van der Waals surface area contributed by atoms with Crippen LogP contribution in [0.5, 0.6) is 11.5 Å². The van der Waals surface area contributed by atoms with Gasteiger partial charge in [-0.3, -0.25) is 4.90 Å². The Morgan fingerprint density at radius 1 is 0.909 bits per heavy atom. The molecule has 4 N–H and O–H groups in total. The maximum absolute atomic E-state index is 14.9. The van der Waals surface area contributed by atoms with E-state index in [2.05, 4.69) is 9.98 Å². The zero-order valence-electron chi connectivity index (χ0n) is 17.1. The molecular formula is C21H19F6N5O. The van der Waals surface area contributed by atoms with Crippen LogP contribution in [-0.4, -0.2) is 17.6 Å². The number of guanidine groups is 2. The van der Waals surface area contributed by atoms with Gasteiger partial charge < -0.3 is 16.2 Å². The molecule has 0 aromatic heterocycles. The molecule has 33 heavy (non-hydrogen) atoms. The second kappa shape index (κ2) is 8.16. The zero-order valence-corrected chi connectivity index (χ0v) is 17.1. The van der Waals surface area contributed by atoms with Crippen LogP contribution in [0.2, 0.25) is 0 Å². The highest BCUT2D eigenvalue weighted by molar-refractivity contribution is 6.06. The largest absolute Gasteiger partial charge is 0.446 e. The monoisotopic (exact) mass is 471 g/mol. The van der Waals surface area contributed by atoms with Crippen molar-refractivity contribution in [1.29, 1.82) is 0 Å². The Bertz CT molecular complexity index is 1120. The molecule has 0 bridgehead atoms. The number of nitrogens with two attached hydrogens (primary N) is 2. The molecule has 0 unspecified atom stereocenters. The van der Waals surface area contributed by atoms with Crippen molar-refractivity contribution in [2.45, 2.75) is 43.9 Å². The summed E-state index contributed by atoms with van der Waals surface area (Å²) in [7, 11) is 0. The highest BCUT2D eigenvalue weighted by Gasteiger charge is 2.44. The van der Waals surface area contributed by atoms with Gasteiger partial charge in [0.1, 0.15) is 5.66 Å². The molecule has 1 aliphatic carbocycles. The molecule has 0 atom stereocenters. The highest BCUT2D eigenvalue weighted by Crippen LogP contribution is 2.45. The molecule has 1 fully saturated rings. The van der Waals surface area contributed by atoms with Crippen molar-refractivity contribution in [3.63, 3.8) is 0 Å². The van der Waals surface area contributed by atoms with Crippen molar-refractivity contribution in [2.75, 3.05) is 4.90 Å². The maximum atomic E-state index is 14.9. The predicted octanol–water partition coefficient (Wildman–Crippen LogP) is 5.02. The fourth-order valence-corrected chi connectivity index (χ4v) is 4.17. The Morgan fingerprint density at radius 2 is 1.55 bits per heavy atom. The molecule has 1 spiro atoms. The topological polar surface area (TPSA) is 89.2 Å². The molecule has 0 amide bonds. The van der Waals surface area contributed by atoms with Gasteiger partial charge >= 0.3 is 6.18 Å². The van der Waals surface area contributed by atoms with Crippen molar-refractivity contribution < 1.29 is 31.1 Å². The van der Waals surface area contributed by atoms with Gasteiger partial charge in [0.15, 0.2) is 29.0 Å². The van der Waals surface area contributed by atoms with Gasteiger partial charge in [0.2, 0.25) is 11.9 Å². The van der Waals surface area contributed by atoms with Gasteiger partial charge in [-0.15, -0.1) is 0 Å². The van der Waals surface area contributed by atoms with E-state index < -0.39 is 46.4 Å². The number of anilines is 1. The zero-order chi connectivity index (χ0) is 24.0. The van der Waals surface area contributed by atoms with E-state index in [4.69, 9.17) is 16.2 Å². The van der Waals surface area contributed by atoms with Crippen LogP contribution in [0, 0.1) is 17.5 Å². The van der Waals surface area contributed by atoms with Crippen LogP contribution in [-0.2, 0) is 6.18 Å². The Labute approximate surface area is 184 Å². The molecule has 0 radical (unpaired) electrons. The minimum Gasteiger partial charge on any atom is -0.446 e. The van der Waals surface area contributed by atoms with E-state index in [1.807, 2.05) is 0 Å². The second-order valence-electron chi connectivity index (χ2n) is 7.78. The first-order chi connectivity index (χ1) is 15.5. The number of hydrogen-bond donors (Lipinski definition) is 2. The molecule has 2 aromatic carbocycles. The highest BCUT2D eigenvalue weighted by atomic mass is 19.4. The van der Waals surface area contributed by atoms with Crippen molar-refractivity contribution >= 4 is 17.6 Å². The molecule has 6 nitrogen and oxygen atoms in total. The van der Waals surface area contributed by atoms with Crippen LogP contribution in [0.3, 0.4) is 0 Å². The normalized spacial score (nSPS) is 18.2. The number of nitrogens with zero attached hydrogens (tertiary/aromatic N) is 3. The number of aliphatic imine (C=N–C) groups is 2. The van der Waals surface area contributed by atoms with Gasteiger partial charge in [-0.25, -0.2) is 18.2 Å². The molecule has 1 saturated carbocycles. The summed E-state index contributed by atoms with van der Waals surface area (Å²) in [4.78, 5) is 9.76. The molecule has 2 aliphatic rings. The summed E-state index contributed by atoms with van der Waals surface area (Å²) < 4.78 is 87.5. The van der Waals surface area contributed by atoms with Crippen LogP contribution in [0.4, 0.5) is 32.0 Å². The second-order valence-corrected chi connectivity index (χ2v) is 7.78. The first-order valence-electron chi connectivity index (χ1n) is 10.0. The van der Waals surface area contributed by atoms with E-state index in [1.165, 1.54) is 17.0 Å². The van der Waals surface area contributed by atoms with Crippen LogP contribution < -0.4 is 21.1 Å². The lowest BCUT2D eigenvalue weighted by Gasteiger charge is -2.45. The summed E-state index contributed by atoms with van der Waals surface area (Å²) in [5.74, 6) is -6.35. The Morgan fingerprint density at radius 3 is 2.15 bits per heavy atom. The van der Waals surface area contributed by atoms with Crippen molar-refractivity contribution in [3.05, 3.63) is 53.3 Å². The van der Waals surface area contributed by atoms with E-state index in [0.717, 1.165) is 25.3 Å². The standard InChI is InChI=1S/C21H19F6N5O/c22-12-5-4-6-15(32-19(29)30-18(28)31-20(32)7-2-1-3-8-20)17(12)33-16-13(23)9-11(10-14(16)24)21(25,26)27/h4-6,9-10H,1-3,7-8H2,(H4,28,29,30,31). The average molecular weight is 471 g/mol. The summed E-state index contributed by atoms with van der Waals surface area (Å²) in [5.41, 5.74) is 9.31. The van der Waals surface area contributed by atoms with Gasteiger partial charge in [-0.2, -0.15) is 18.2 Å². The van der Waals surface area contributed by atoms with Crippen LogP contribution in [0.25, 0.3) is 0 Å². The minimum absolute atomic E-state index is 0.0481. The van der Waals surface area contributed by atoms with Gasteiger partial charge in [-0.1, -0.05) is 12.5 Å². The van der Waals surface area contributed by atoms with Crippen LogP contribution in [0.1, 0.15) is 37.7 Å². The molecule has 176 valence electrons. The molecule has 1 aliphatic heterocycles. The van der Waals surface area contributed by atoms with Gasteiger partial charge in [0, 0.05) is 0 Å². The molecular weight excluding hydrogens is 452 g/mol. The Balaban J connectivity index is 1.82. The smallest absolute Gasteiger partial charge is 0.416 e. The molecule has 12 heteroatoms. The average Bonchev–Trinajstić information content (AvgIpc) is 2.71. The first-order valence-corrected chi connectivity index (χ1v) is 10.0. The molecule has 2 aromatic rings. The van der Waals surface area contributed by atoms with E-state index in [0.29, 0.717) is 12.8 Å². The molecule has 4 rings (SSSR count). The third kappa shape index (κ3) is 4.16. The minimum atomic E-state index is -4.98. The SMILES string of the molecule is NC1=NC2(CCCCC2)N(c2cccc(F)c2Oc2c(F)cc(C(F)(F)F)cc2F)C(N)=N1. The van der Waals surface area contributed by atoms with Crippen molar-refractivity contribution in [2.24, 2.45) is 21.5 Å². The number of benzene rings is 2. The third-order valence-corrected chi connectivity index (χ3v) is 5.57. The number of ether oxygens (including phenoxy) is 1. The van der Waals surface area contributed by atoms with Gasteiger partial charge in [0.25, 0.3) is 0 Å². The lowest BCUT2D eigenvalue weighted by atomic mass is 9.87. The van der Waals surface area contributed by atoms with E-state index in [-0.39, 0.29) is 29.7 Å². The predicted molar refractivity (Wildman–Crippen MR) is 109 cm³/mol. The third-order valence-electron chi connectivity index (χ3n) is 5.57. The number of alkyl halides is 3. The van der Waals surface area contributed by atoms with Gasteiger partial charge in [-0.05, 0) is 49.9 Å². The van der Waals surface area contributed by atoms with E-state index in [9.17, 15) is 26.3 Å². The fraction of sp³-hybridized carbons (Fsp3) is 0.333. The summed E-state index contributed by atoms with van der Waals surface area (Å²) in [6.45, 7) is 0. The van der Waals surface area contributed by atoms with Crippen LogP contribution in [0.15, 0.2) is 40.3 Å². The summed E-state index contributed by atoms with van der Waals surface area (Å²) in [6, 6.07) is 3.82. The lowest BCUT2D eigenvalue weighted by Crippen LogP contribution is -2.58. The van der Waals surface area contributed by atoms with E-state index >= 15 is 0 Å². The van der Waals surface area contributed by atoms with Crippen molar-refractivity contribution in [3.8, 4) is 11.5 Å². The fourth-order valence-electron chi connectivity index (χ4n) is 4.17.